The van der Waals surface area contributed by atoms with Crippen LogP contribution in [0.5, 0.6) is 0 Å². The van der Waals surface area contributed by atoms with Gasteiger partial charge in [0.1, 0.15) is 11.5 Å². The van der Waals surface area contributed by atoms with Crippen LogP contribution in [0, 0.1) is 5.82 Å². The third-order valence-electron chi connectivity index (χ3n) is 6.28. The van der Waals surface area contributed by atoms with Gasteiger partial charge in [0.05, 0.1) is 6.04 Å². The minimum absolute atomic E-state index is 0.0420. The maximum atomic E-state index is 13.2. The molecule has 1 aliphatic heterocycles. The predicted molar refractivity (Wildman–Crippen MR) is 118 cm³/mol. The van der Waals surface area contributed by atoms with Crippen molar-refractivity contribution in [1.29, 1.82) is 0 Å². The van der Waals surface area contributed by atoms with E-state index < -0.39 is 0 Å². The molecule has 1 aliphatic carbocycles. The number of halogens is 1. The van der Waals surface area contributed by atoms with Crippen LogP contribution < -0.4 is 5.32 Å². The maximum Gasteiger partial charge on any atom is 0.272 e. The minimum Gasteiger partial charge on any atom is -0.344 e. The normalized spacial score (nSPS) is 18.0. The Hall–Kier alpha value is -3.48. The second-order valence-electron chi connectivity index (χ2n) is 8.46. The number of rotatable bonds is 4. The lowest BCUT2D eigenvalue weighted by molar-refractivity contribution is 0.0745. The average molecular weight is 432 g/mol. The van der Waals surface area contributed by atoms with Crippen molar-refractivity contribution in [3.8, 4) is 0 Å². The summed E-state index contributed by atoms with van der Waals surface area (Å²) in [6.07, 6.45) is 3.68. The minimum atomic E-state index is -0.301. The molecule has 0 saturated heterocycles. The molecule has 1 N–H and O–H groups in total. The molecule has 5 rings (SSSR count). The Morgan fingerprint density at radius 2 is 1.91 bits per heavy atom. The van der Waals surface area contributed by atoms with E-state index in [0.717, 1.165) is 36.8 Å². The standard InChI is InChI=1S/C25H25FN4O2/c26-19-11-9-17(10-12-19)16-29-13-4-14-30-23(25(29)32)15-22(28-30)24(31)27-21-8-3-6-18-5-1-2-7-20(18)21/h1-2,5,7,9-12,15,21H,3-4,6,8,13-14,16H2,(H,27,31)/t21-/m1/s1. The van der Waals surface area contributed by atoms with E-state index in [9.17, 15) is 14.0 Å². The van der Waals surface area contributed by atoms with Gasteiger partial charge in [-0.3, -0.25) is 14.3 Å². The summed E-state index contributed by atoms with van der Waals surface area (Å²) in [6.45, 7) is 1.55. The highest BCUT2D eigenvalue weighted by atomic mass is 19.1. The summed E-state index contributed by atoms with van der Waals surface area (Å²) in [6, 6.07) is 15.9. The summed E-state index contributed by atoms with van der Waals surface area (Å²) in [5.74, 6) is -0.725. The molecule has 0 saturated carbocycles. The van der Waals surface area contributed by atoms with Gasteiger partial charge in [-0.25, -0.2) is 4.39 Å². The van der Waals surface area contributed by atoms with Crippen LogP contribution in [0.2, 0.25) is 0 Å². The fourth-order valence-electron chi connectivity index (χ4n) is 4.64. The fourth-order valence-corrected chi connectivity index (χ4v) is 4.64. The van der Waals surface area contributed by atoms with Gasteiger partial charge in [0.15, 0.2) is 5.69 Å². The molecule has 0 fully saturated rings. The molecule has 0 unspecified atom stereocenters. The van der Waals surface area contributed by atoms with E-state index in [1.54, 1.807) is 27.8 Å². The number of amides is 2. The van der Waals surface area contributed by atoms with Gasteiger partial charge in [-0.1, -0.05) is 36.4 Å². The number of hydrogen-bond acceptors (Lipinski definition) is 3. The summed E-state index contributed by atoms with van der Waals surface area (Å²) >= 11 is 0. The van der Waals surface area contributed by atoms with Gasteiger partial charge in [-0.05, 0) is 54.5 Å². The number of carbonyl (C=O) groups is 2. The Balaban J connectivity index is 1.33. The van der Waals surface area contributed by atoms with Crippen molar-refractivity contribution in [3.05, 3.63) is 88.5 Å². The zero-order valence-electron chi connectivity index (χ0n) is 17.8. The van der Waals surface area contributed by atoms with Crippen molar-refractivity contribution in [2.45, 2.75) is 44.8 Å². The van der Waals surface area contributed by atoms with Crippen molar-refractivity contribution in [2.75, 3.05) is 6.54 Å². The molecule has 1 aromatic heterocycles. The van der Waals surface area contributed by atoms with Gasteiger partial charge in [-0.2, -0.15) is 5.10 Å². The summed E-state index contributed by atoms with van der Waals surface area (Å²) in [7, 11) is 0. The first-order chi connectivity index (χ1) is 15.6. The number of fused-ring (bicyclic) bond motifs is 2. The van der Waals surface area contributed by atoms with E-state index in [1.807, 2.05) is 12.1 Å². The third-order valence-corrected chi connectivity index (χ3v) is 6.28. The Bertz CT molecular complexity index is 1160. The Kier molecular flexibility index (Phi) is 5.47. The van der Waals surface area contributed by atoms with Gasteiger partial charge in [0.25, 0.3) is 11.8 Å². The Labute approximate surface area is 186 Å². The van der Waals surface area contributed by atoms with Crippen LogP contribution in [0.25, 0.3) is 0 Å². The third kappa shape index (κ3) is 4.02. The van der Waals surface area contributed by atoms with Crippen LogP contribution in [0.3, 0.4) is 0 Å². The number of hydrogen-bond donors (Lipinski definition) is 1. The monoisotopic (exact) mass is 432 g/mol. The van der Waals surface area contributed by atoms with Gasteiger partial charge < -0.3 is 10.2 Å². The van der Waals surface area contributed by atoms with Gasteiger partial charge in [0.2, 0.25) is 0 Å². The van der Waals surface area contributed by atoms with E-state index in [4.69, 9.17) is 0 Å². The van der Waals surface area contributed by atoms with Crippen LogP contribution in [0.4, 0.5) is 4.39 Å². The van der Waals surface area contributed by atoms with E-state index >= 15 is 0 Å². The highest BCUT2D eigenvalue weighted by Gasteiger charge is 2.28. The first-order valence-corrected chi connectivity index (χ1v) is 11.1. The van der Waals surface area contributed by atoms with Crippen molar-refractivity contribution in [2.24, 2.45) is 0 Å². The van der Waals surface area contributed by atoms with Crippen LogP contribution >= 0.6 is 0 Å². The summed E-state index contributed by atoms with van der Waals surface area (Å²) in [4.78, 5) is 27.9. The molecule has 2 aliphatic rings. The quantitative estimate of drug-likeness (QED) is 0.681. The second kappa shape index (κ2) is 8.57. The first-order valence-electron chi connectivity index (χ1n) is 11.1. The van der Waals surface area contributed by atoms with E-state index in [-0.39, 0.29) is 29.4 Å². The molecular weight excluding hydrogens is 407 g/mol. The molecule has 164 valence electrons. The van der Waals surface area contributed by atoms with Gasteiger partial charge in [0, 0.05) is 25.7 Å². The number of benzene rings is 2. The molecule has 0 spiro atoms. The molecule has 1 atom stereocenters. The molecule has 0 bridgehead atoms. The van der Waals surface area contributed by atoms with Crippen molar-refractivity contribution in [1.82, 2.24) is 20.0 Å². The van der Waals surface area contributed by atoms with Crippen LogP contribution in [-0.2, 0) is 19.5 Å². The lowest BCUT2D eigenvalue weighted by atomic mass is 9.87. The van der Waals surface area contributed by atoms with Crippen LogP contribution in [0.1, 0.15) is 63.0 Å². The first kappa shape index (κ1) is 20.4. The zero-order chi connectivity index (χ0) is 22.1. The smallest absolute Gasteiger partial charge is 0.272 e. The molecular formula is C25H25FN4O2. The molecule has 6 nitrogen and oxygen atoms in total. The fraction of sp³-hybridized carbons (Fsp3) is 0.320. The molecule has 3 aromatic rings. The predicted octanol–water partition coefficient (Wildman–Crippen LogP) is 3.88. The molecule has 32 heavy (non-hydrogen) atoms. The average Bonchev–Trinajstić information content (AvgIpc) is 3.18. The van der Waals surface area contributed by atoms with E-state index in [1.165, 1.54) is 17.7 Å². The largest absolute Gasteiger partial charge is 0.344 e. The number of aromatic nitrogens is 2. The Morgan fingerprint density at radius 1 is 1.09 bits per heavy atom. The highest BCUT2D eigenvalue weighted by Crippen LogP contribution is 2.29. The zero-order valence-corrected chi connectivity index (χ0v) is 17.8. The summed E-state index contributed by atoms with van der Waals surface area (Å²) in [5.41, 5.74) is 3.98. The van der Waals surface area contributed by atoms with Crippen molar-refractivity contribution < 1.29 is 14.0 Å². The molecule has 7 heteroatoms. The second-order valence-corrected chi connectivity index (χ2v) is 8.46. The molecule has 2 heterocycles. The van der Waals surface area contributed by atoms with Gasteiger partial charge >= 0.3 is 0 Å². The summed E-state index contributed by atoms with van der Waals surface area (Å²) in [5, 5.41) is 7.56. The summed E-state index contributed by atoms with van der Waals surface area (Å²) < 4.78 is 14.8. The topological polar surface area (TPSA) is 67.2 Å². The lowest BCUT2D eigenvalue weighted by Gasteiger charge is -2.26. The number of nitrogens with one attached hydrogen (secondary N) is 1. The Morgan fingerprint density at radius 3 is 2.75 bits per heavy atom. The van der Waals surface area contributed by atoms with E-state index in [0.29, 0.717) is 25.3 Å². The van der Waals surface area contributed by atoms with E-state index in [2.05, 4.69) is 22.5 Å². The lowest BCUT2D eigenvalue weighted by Crippen LogP contribution is -2.31. The molecule has 2 amide bonds. The van der Waals surface area contributed by atoms with Crippen molar-refractivity contribution in [3.63, 3.8) is 0 Å². The number of nitrogens with zero attached hydrogens (tertiary/aromatic N) is 3. The van der Waals surface area contributed by atoms with Crippen LogP contribution in [-0.4, -0.2) is 33.0 Å². The van der Waals surface area contributed by atoms with Crippen molar-refractivity contribution >= 4 is 11.8 Å². The van der Waals surface area contributed by atoms with Crippen LogP contribution in [0.15, 0.2) is 54.6 Å². The highest BCUT2D eigenvalue weighted by molar-refractivity contribution is 5.98. The maximum absolute atomic E-state index is 13.2. The number of aryl methyl sites for hydroxylation is 2. The SMILES string of the molecule is O=C(N[C@@H]1CCCc2ccccc21)c1cc2n(n1)CCCN(Cc1ccc(F)cc1)C2=O. The van der Waals surface area contributed by atoms with Gasteiger partial charge in [-0.15, -0.1) is 0 Å². The number of carbonyl (C=O) groups excluding carboxylic acids is 2. The molecule has 2 aromatic carbocycles. The molecule has 0 radical (unpaired) electrons.